The van der Waals surface area contributed by atoms with Crippen LogP contribution in [0, 0.1) is 6.92 Å². The molecule has 5 nitrogen and oxygen atoms in total. The molecule has 1 heterocycles. The lowest BCUT2D eigenvalue weighted by Crippen LogP contribution is -2.16. The number of rotatable bonds is 4. The van der Waals surface area contributed by atoms with Crippen LogP contribution in [0.15, 0.2) is 42.5 Å². The molecule has 3 aromatic rings. The second-order valence-corrected chi connectivity index (χ2v) is 6.48. The Morgan fingerprint density at radius 3 is 2.63 bits per heavy atom. The molecule has 138 valence electrons. The van der Waals surface area contributed by atoms with E-state index in [2.05, 4.69) is 10.3 Å². The number of methoxy groups -OCH3 is 1. The van der Waals surface area contributed by atoms with Gasteiger partial charge in [-0.1, -0.05) is 36.7 Å². The second kappa shape index (κ2) is 7.76. The first kappa shape index (κ1) is 18.9. The van der Waals surface area contributed by atoms with Gasteiger partial charge in [-0.05, 0) is 43.2 Å². The molecule has 0 aliphatic carbocycles. The van der Waals surface area contributed by atoms with Crippen LogP contribution < -0.4 is 5.32 Å². The minimum atomic E-state index is -0.499. The summed E-state index contributed by atoms with van der Waals surface area (Å²) in [5.41, 5.74) is 3.67. The van der Waals surface area contributed by atoms with Crippen molar-refractivity contribution in [3.05, 3.63) is 69.9 Å². The molecule has 0 radical (unpaired) electrons. The number of aromatic nitrogens is 1. The van der Waals surface area contributed by atoms with Crippen LogP contribution in [0.25, 0.3) is 10.9 Å². The van der Waals surface area contributed by atoms with Crippen molar-refractivity contribution in [3.8, 4) is 0 Å². The maximum Gasteiger partial charge on any atom is 0.337 e. The number of anilines is 1. The number of para-hydroxylation sites is 1. The van der Waals surface area contributed by atoms with Crippen molar-refractivity contribution < 1.29 is 14.3 Å². The number of nitrogens with zero attached hydrogens (tertiary/aromatic N) is 1. The quantitative estimate of drug-likeness (QED) is 0.658. The molecule has 0 unspecified atom stereocenters. The summed E-state index contributed by atoms with van der Waals surface area (Å²) >= 11 is 6.21. The number of pyridine rings is 1. The molecule has 6 heteroatoms. The summed E-state index contributed by atoms with van der Waals surface area (Å²) in [7, 11) is 1.30. The Labute approximate surface area is 162 Å². The topological polar surface area (TPSA) is 68.3 Å². The van der Waals surface area contributed by atoms with E-state index in [1.165, 1.54) is 13.2 Å². The number of hydrogen-bond acceptors (Lipinski definition) is 4. The Balaban J connectivity index is 2.07. The van der Waals surface area contributed by atoms with Gasteiger partial charge in [-0.15, -0.1) is 0 Å². The van der Waals surface area contributed by atoms with E-state index < -0.39 is 5.97 Å². The third-order valence-electron chi connectivity index (χ3n) is 4.43. The van der Waals surface area contributed by atoms with Gasteiger partial charge in [0.2, 0.25) is 0 Å². The third kappa shape index (κ3) is 3.64. The minimum absolute atomic E-state index is 0.301. The predicted molar refractivity (Wildman–Crippen MR) is 107 cm³/mol. The summed E-state index contributed by atoms with van der Waals surface area (Å²) < 4.78 is 4.72. The molecule has 27 heavy (non-hydrogen) atoms. The number of carbonyl (C=O) groups excluding carboxylic acids is 2. The first-order chi connectivity index (χ1) is 13.0. The zero-order valence-corrected chi connectivity index (χ0v) is 16.1. The molecule has 3 rings (SSSR count). The van der Waals surface area contributed by atoms with Crippen molar-refractivity contribution in [2.45, 2.75) is 20.3 Å². The van der Waals surface area contributed by atoms with Gasteiger partial charge < -0.3 is 10.1 Å². The first-order valence-corrected chi connectivity index (χ1v) is 8.91. The van der Waals surface area contributed by atoms with E-state index in [-0.39, 0.29) is 5.91 Å². The van der Waals surface area contributed by atoms with E-state index >= 15 is 0 Å². The molecule has 0 fully saturated rings. The lowest BCUT2D eigenvalue weighted by molar-refractivity contribution is 0.0600. The van der Waals surface area contributed by atoms with Crippen LogP contribution >= 0.6 is 11.6 Å². The van der Waals surface area contributed by atoms with Gasteiger partial charge in [0.05, 0.1) is 34.5 Å². The number of esters is 1. The Morgan fingerprint density at radius 2 is 1.93 bits per heavy atom. The second-order valence-electron chi connectivity index (χ2n) is 6.07. The number of fused-ring (bicyclic) bond motifs is 1. The molecule has 0 saturated heterocycles. The van der Waals surface area contributed by atoms with Gasteiger partial charge in [-0.25, -0.2) is 4.79 Å². The molecule has 2 aromatic carbocycles. The summed E-state index contributed by atoms with van der Waals surface area (Å²) in [5.74, 6) is -0.800. The van der Waals surface area contributed by atoms with Crippen molar-refractivity contribution in [2.24, 2.45) is 0 Å². The highest BCUT2D eigenvalue weighted by Gasteiger charge is 2.19. The first-order valence-electron chi connectivity index (χ1n) is 8.53. The normalized spacial score (nSPS) is 10.7. The lowest BCUT2D eigenvalue weighted by atomic mass is 9.99. The molecule has 1 N–H and O–H groups in total. The highest BCUT2D eigenvalue weighted by atomic mass is 35.5. The number of carbonyl (C=O) groups is 2. The number of halogens is 1. The summed E-state index contributed by atoms with van der Waals surface area (Å²) in [4.78, 5) is 29.5. The van der Waals surface area contributed by atoms with E-state index in [1.54, 1.807) is 12.1 Å². The average Bonchev–Trinajstić information content (AvgIpc) is 2.68. The molecular weight excluding hydrogens is 364 g/mol. The SMILES string of the molecule is CCc1nc2ccccc2c(C(=O)Nc2cc(C(=O)OC)ccc2Cl)c1C. The highest BCUT2D eigenvalue weighted by Crippen LogP contribution is 2.28. The summed E-state index contributed by atoms with van der Waals surface area (Å²) in [6.45, 7) is 3.89. The van der Waals surface area contributed by atoms with E-state index in [4.69, 9.17) is 16.3 Å². The maximum absolute atomic E-state index is 13.1. The van der Waals surface area contributed by atoms with Gasteiger partial charge >= 0.3 is 5.97 Å². The molecular formula is C21H19ClN2O3. The number of benzene rings is 2. The van der Waals surface area contributed by atoms with Gasteiger partial charge in [0.1, 0.15) is 0 Å². The monoisotopic (exact) mass is 382 g/mol. The number of hydrogen-bond donors (Lipinski definition) is 1. The fraction of sp³-hybridized carbons (Fsp3) is 0.190. The maximum atomic E-state index is 13.1. The van der Waals surface area contributed by atoms with Gasteiger partial charge in [0.25, 0.3) is 5.91 Å². The zero-order chi connectivity index (χ0) is 19.6. The van der Waals surface area contributed by atoms with E-state index in [0.29, 0.717) is 21.8 Å². The van der Waals surface area contributed by atoms with Crippen LogP contribution in [0.2, 0.25) is 5.02 Å². The van der Waals surface area contributed by atoms with Crippen LogP contribution in [0.5, 0.6) is 0 Å². The van der Waals surface area contributed by atoms with Gasteiger partial charge in [0, 0.05) is 11.1 Å². The Morgan fingerprint density at radius 1 is 1.19 bits per heavy atom. The fourth-order valence-corrected chi connectivity index (χ4v) is 3.21. The largest absolute Gasteiger partial charge is 0.465 e. The number of aryl methyl sites for hydroxylation is 1. The minimum Gasteiger partial charge on any atom is -0.465 e. The predicted octanol–water partition coefficient (Wildman–Crippen LogP) is 4.80. The summed E-state index contributed by atoms with van der Waals surface area (Å²) in [6.07, 6.45) is 0.718. The summed E-state index contributed by atoms with van der Waals surface area (Å²) in [5, 5.41) is 3.93. The van der Waals surface area contributed by atoms with E-state index in [9.17, 15) is 9.59 Å². The van der Waals surface area contributed by atoms with Crippen LogP contribution in [-0.4, -0.2) is 24.0 Å². The Bertz CT molecular complexity index is 1050. The van der Waals surface area contributed by atoms with Crippen molar-refractivity contribution >= 4 is 40.1 Å². The molecule has 0 aliphatic heterocycles. The van der Waals surface area contributed by atoms with Crippen LogP contribution in [0.1, 0.15) is 38.9 Å². The fourth-order valence-electron chi connectivity index (χ4n) is 3.05. The zero-order valence-electron chi connectivity index (χ0n) is 15.3. The molecule has 0 saturated carbocycles. The third-order valence-corrected chi connectivity index (χ3v) is 4.76. The number of amides is 1. The molecule has 1 amide bonds. The highest BCUT2D eigenvalue weighted by molar-refractivity contribution is 6.34. The van der Waals surface area contributed by atoms with Crippen LogP contribution in [0.3, 0.4) is 0 Å². The van der Waals surface area contributed by atoms with Crippen molar-refractivity contribution in [1.29, 1.82) is 0 Å². The van der Waals surface area contributed by atoms with Gasteiger partial charge in [-0.2, -0.15) is 0 Å². The lowest BCUT2D eigenvalue weighted by Gasteiger charge is -2.15. The molecule has 0 spiro atoms. The molecule has 0 bridgehead atoms. The molecule has 1 aromatic heterocycles. The molecule has 0 atom stereocenters. The van der Waals surface area contributed by atoms with Crippen LogP contribution in [-0.2, 0) is 11.2 Å². The average molecular weight is 383 g/mol. The van der Waals surface area contributed by atoms with Crippen molar-refractivity contribution in [3.63, 3.8) is 0 Å². The number of ether oxygens (including phenoxy) is 1. The Kier molecular flexibility index (Phi) is 5.42. The number of nitrogens with one attached hydrogen (secondary N) is 1. The van der Waals surface area contributed by atoms with E-state index in [0.717, 1.165) is 28.6 Å². The van der Waals surface area contributed by atoms with Crippen molar-refractivity contribution in [1.82, 2.24) is 4.98 Å². The van der Waals surface area contributed by atoms with Crippen LogP contribution in [0.4, 0.5) is 5.69 Å². The van der Waals surface area contributed by atoms with Gasteiger partial charge in [0.15, 0.2) is 0 Å². The van der Waals surface area contributed by atoms with E-state index in [1.807, 2.05) is 38.1 Å². The Hall–Kier alpha value is -2.92. The smallest absolute Gasteiger partial charge is 0.337 e. The molecule has 0 aliphatic rings. The van der Waals surface area contributed by atoms with Crippen molar-refractivity contribution in [2.75, 3.05) is 12.4 Å². The standard InChI is InChI=1S/C21H19ClN2O3/c1-4-16-12(2)19(14-7-5-6-8-17(14)23-16)20(25)24-18-11-13(21(26)27-3)9-10-15(18)22/h5-11H,4H2,1-3H3,(H,24,25). The summed E-state index contributed by atoms with van der Waals surface area (Å²) in [6, 6.07) is 12.1. The van der Waals surface area contributed by atoms with Gasteiger partial charge in [-0.3, -0.25) is 9.78 Å².